The van der Waals surface area contributed by atoms with E-state index in [0.717, 1.165) is 37.9 Å². The number of esters is 1. The molecule has 0 radical (unpaired) electrons. The van der Waals surface area contributed by atoms with Crippen molar-refractivity contribution in [1.82, 2.24) is 0 Å². The summed E-state index contributed by atoms with van der Waals surface area (Å²) in [6.07, 6.45) is 5.62. The normalized spacial score (nSPS) is 36.4. The number of allylic oxidation sites excluding steroid dienone is 1. The van der Waals surface area contributed by atoms with Gasteiger partial charge < -0.3 is 14.7 Å². The van der Waals surface area contributed by atoms with Crippen LogP contribution in [0.15, 0.2) is 42.5 Å². The molecule has 1 saturated heterocycles. The van der Waals surface area contributed by atoms with Gasteiger partial charge in [-0.1, -0.05) is 49.4 Å². The summed E-state index contributed by atoms with van der Waals surface area (Å²) in [5.41, 5.74) is 1.62. The summed E-state index contributed by atoms with van der Waals surface area (Å²) in [5, 5.41) is 11.1. The van der Waals surface area contributed by atoms with Crippen LogP contribution < -0.4 is 4.90 Å². The predicted molar refractivity (Wildman–Crippen MR) is 118 cm³/mol. The van der Waals surface area contributed by atoms with Crippen LogP contribution in [0.1, 0.15) is 58.4 Å². The highest BCUT2D eigenvalue weighted by molar-refractivity contribution is 5.75. The molecule has 0 aromatic heterocycles. The van der Waals surface area contributed by atoms with Crippen LogP contribution in [0.3, 0.4) is 0 Å². The molecule has 4 heteroatoms. The number of ether oxygens (including phenoxy) is 1. The third-order valence-electron chi connectivity index (χ3n) is 8.32. The molecule has 1 aromatic carbocycles. The number of nitrogens with one attached hydrogen (secondary N) is 1. The molecule has 1 aliphatic heterocycles. The van der Waals surface area contributed by atoms with Crippen LogP contribution in [-0.4, -0.2) is 36.8 Å². The molecule has 4 rings (SSSR count). The van der Waals surface area contributed by atoms with Crippen LogP contribution in [0.25, 0.3) is 0 Å². The van der Waals surface area contributed by atoms with Crippen LogP contribution in [0.2, 0.25) is 0 Å². The number of carbonyl (C=O) groups excluding carboxylic acids is 1. The van der Waals surface area contributed by atoms with E-state index in [1.54, 1.807) is 0 Å². The SMILES string of the molecule is C=C1CCC[C@]2(C)C[C@H]3OC(=O)[C@H](C[NH+](CC)C[C@@](C)(O)c4ccccc4)[C@H]3C[C@H]12. The van der Waals surface area contributed by atoms with E-state index in [9.17, 15) is 9.90 Å². The second kappa shape index (κ2) is 8.12. The van der Waals surface area contributed by atoms with Gasteiger partial charge in [0.25, 0.3) is 0 Å². The third-order valence-corrected chi connectivity index (χ3v) is 8.32. The minimum absolute atomic E-state index is 0.0248. The topological polar surface area (TPSA) is 51.0 Å². The van der Waals surface area contributed by atoms with Gasteiger partial charge >= 0.3 is 5.97 Å². The zero-order chi connectivity index (χ0) is 21.5. The Labute approximate surface area is 181 Å². The molecule has 2 saturated carbocycles. The second-order valence-corrected chi connectivity index (χ2v) is 10.5. The fourth-order valence-corrected chi connectivity index (χ4v) is 6.53. The lowest BCUT2D eigenvalue weighted by Gasteiger charge is -2.50. The van der Waals surface area contributed by atoms with E-state index in [4.69, 9.17) is 4.74 Å². The largest absolute Gasteiger partial charge is 0.462 e. The summed E-state index contributed by atoms with van der Waals surface area (Å²) < 4.78 is 5.94. The van der Waals surface area contributed by atoms with Crippen LogP contribution >= 0.6 is 0 Å². The standard InChI is InChI=1S/C26H37NO3/c1-5-27(17-26(4,29)19-11-7-6-8-12-19)16-21-20-14-22-18(2)10-9-13-25(22,3)15-23(20)30-24(21)28/h6-8,11-12,20-23,29H,2,5,9-10,13-17H2,1,3-4H3/p+1/t20-,21-,22-,23-,25-,26-/m1/s1. The molecule has 7 atom stereocenters. The highest BCUT2D eigenvalue weighted by atomic mass is 16.6. The fourth-order valence-electron chi connectivity index (χ4n) is 6.53. The molecule has 3 aliphatic rings. The van der Waals surface area contributed by atoms with Gasteiger partial charge in [0.1, 0.15) is 24.2 Å². The molecule has 1 heterocycles. The third kappa shape index (κ3) is 3.97. The number of likely N-dealkylation sites (N-methyl/N-ethyl adjacent to an activating group) is 1. The lowest BCUT2D eigenvalue weighted by Crippen LogP contribution is -3.14. The van der Waals surface area contributed by atoms with Crippen LogP contribution in [0, 0.1) is 23.2 Å². The van der Waals surface area contributed by atoms with Crippen molar-refractivity contribution in [3.63, 3.8) is 0 Å². The van der Waals surface area contributed by atoms with E-state index >= 15 is 0 Å². The van der Waals surface area contributed by atoms with Crippen LogP contribution in [0.4, 0.5) is 0 Å². The van der Waals surface area contributed by atoms with Gasteiger partial charge in [0, 0.05) is 5.92 Å². The van der Waals surface area contributed by atoms with Crippen molar-refractivity contribution >= 4 is 5.97 Å². The summed E-state index contributed by atoms with van der Waals surface area (Å²) in [4.78, 5) is 14.2. The van der Waals surface area contributed by atoms with Crippen molar-refractivity contribution in [3.05, 3.63) is 48.0 Å². The zero-order valence-electron chi connectivity index (χ0n) is 18.8. The fraction of sp³-hybridized carbons (Fsp3) is 0.654. The number of hydrogen-bond acceptors (Lipinski definition) is 3. The predicted octanol–water partition coefficient (Wildman–Crippen LogP) is 3.11. The van der Waals surface area contributed by atoms with Crippen molar-refractivity contribution in [1.29, 1.82) is 0 Å². The van der Waals surface area contributed by atoms with Gasteiger partial charge in [-0.05, 0) is 62.8 Å². The van der Waals surface area contributed by atoms with Crippen molar-refractivity contribution < 1.29 is 19.5 Å². The Kier molecular flexibility index (Phi) is 5.84. The molecule has 30 heavy (non-hydrogen) atoms. The van der Waals surface area contributed by atoms with Gasteiger partial charge in [0.2, 0.25) is 0 Å². The molecule has 0 spiro atoms. The van der Waals surface area contributed by atoms with E-state index in [-0.39, 0.29) is 29.3 Å². The molecule has 1 aromatic rings. The number of fused-ring (bicyclic) bond motifs is 2. The lowest BCUT2D eigenvalue weighted by atomic mass is 9.55. The molecule has 2 aliphatic carbocycles. The maximum Gasteiger partial charge on any atom is 0.315 e. The monoisotopic (exact) mass is 412 g/mol. The maximum atomic E-state index is 12.9. The van der Waals surface area contributed by atoms with Crippen LogP contribution in [-0.2, 0) is 15.1 Å². The second-order valence-electron chi connectivity index (χ2n) is 10.5. The van der Waals surface area contributed by atoms with E-state index in [0.29, 0.717) is 12.5 Å². The molecule has 0 amide bonds. The number of carbonyl (C=O) groups is 1. The maximum absolute atomic E-state index is 12.9. The summed E-state index contributed by atoms with van der Waals surface area (Å²) in [6.45, 7) is 13.0. The molecule has 4 nitrogen and oxygen atoms in total. The Morgan fingerprint density at radius 2 is 2.07 bits per heavy atom. The Hall–Kier alpha value is -1.65. The molecular formula is C26H38NO3+. The zero-order valence-corrected chi connectivity index (χ0v) is 18.8. The average molecular weight is 413 g/mol. The van der Waals surface area contributed by atoms with Crippen molar-refractivity contribution in [2.24, 2.45) is 23.2 Å². The summed E-state index contributed by atoms with van der Waals surface area (Å²) in [7, 11) is 0. The molecule has 164 valence electrons. The van der Waals surface area contributed by atoms with Gasteiger partial charge in [-0.3, -0.25) is 4.79 Å². The number of rotatable bonds is 6. The number of benzene rings is 1. The quantitative estimate of drug-likeness (QED) is 0.558. The van der Waals surface area contributed by atoms with E-state index < -0.39 is 5.60 Å². The first-order valence-electron chi connectivity index (χ1n) is 11.7. The smallest absolute Gasteiger partial charge is 0.315 e. The summed E-state index contributed by atoms with van der Waals surface area (Å²) >= 11 is 0. The van der Waals surface area contributed by atoms with Gasteiger partial charge in [-0.2, -0.15) is 0 Å². The highest BCUT2D eigenvalue weighted by Crippen LogP contribution is 2.56. The summed E-state index contributed by atoms with van der Waals surface area (Å²) in [5.74, 6) is 0.703. The number of quaternary nitrogens is 1. The van der Waals surface area contributed by atoms with Gasteiger partial charge in [-0.25, -0.2) is 0 Å². The Morgan fingerprint density at radius 3 is 2.77 bits per heavy atom. The molecule has 1 unspecified atom stereocenters. The Balaban J connectivity index is 1.48. The number of hydrogen-bond donors (Lipinski definition) is 2. The minimum Gasteiger partial charge on any atom is -0.462 e. The van der Waals surface area contributed by atoms with Crippen molar-refractivity contribution in [2.75, 3.05) is 19.6 Å². The first-order valence-corrected chi connectivity index (χ1v) is 11.7. The molecule has 2 N–H and O–H groups in total. The average Bonchev–Trinajstić information content (AvgIpc) is 3.00. The summed E-state index contributed by atoms with van der Waals surface area (Å²) in [6, 6.07) is 9.84. The van der Waals surface area contributed by atoms with E-state index in [2.05, 4.69) is 20.4 Å². The Morgan fingerprint density at radius 1 is 1.33 bits per heavy atom. The minimum atomic E-state index is -0.919. The van der Waals surface area contributed by atoms with E-state index in [1.807, 2.05) is 37.3 Å². The van der Waals surface area contributed by atoms with Gasteiger partial charge in [-0.15, -0.1) is 0 Å². The molecular weight excluding hydrogens is 374 g/mol. The van der Waals surface area contributed by atoms with Crippen molar-refractivity contribution in [3.8, 4) is 0 Å². The highest BCUT2D eigenvalue weighted by Gasteiger charge is 2.56. The van der Waals surface area contributed by atoms with Crippen molar-refractivity contribution in [2.45, 2.75) is 64.6 Å². The first-order chi connectivity index (χ1) is 14.2. The van der Waals surface area contributed by atoms with Gasteiger partial charge in [0.15, 0.2) is 0 Å². The molecule has 0 bridgehead atoms. The lowest BCUT2D eigenvalue weighted by molar-refractivity contribution is -0.908. The van der Waals surface area contributed by atoms with Gasteiger partial charge in [0.05, 0.1) is 13.1 Å². The number of aliphatic hydroxyl groups is 1. The Bertz CT molecular complexity index is 789. The van der Waals surface area contributed by atoms with E-state index in [1.165, 1.54) is 23.3 Å². The van der Waals surface area contributed by atoms with Crippen LogP contribution in [0.5, 0.6) is 0 Å². The molecule has 3 fully saturated rings. The first kappa shape index (κ1) is 21.6.